The number of carbonyl (C=O) groups is 1. The van der Waals surface area contributed by atoms with Crippen molar-refractivity contribution in [2.45, 2.75) is 19.0 Å². The molecule has 1 aromatic heterocycles. The molecule has 8 heteroatoms. The summed E-state index contributed by atoms with van der Waals surface area (Å²) < 4.78 is 51.8. The molecule has 0 amide bonds. The first-order valence-electron chi connectivity index (χ1n) is 6.37. The molecule has 1 atom stereocenters. The van der Waals surface area contributed by atoms with E-state index in [1.807, 2.05) is 0 Å². The Morgan fingerprint density at radius 3 is 2.68 bits per heavy atom. The van der Waals surface area contributed by atoms with Gasteiger partial charge in [-0.25, -0.2) is 9.37 Å². The number of hydrogen-bond acceptors (Lipinski definition) is 4. The van der Waals surface area contributed by atoms with Gasteiger partial charge in [0.15, 0.2) is 17.3 Å². The quantitative estimate of drug-likeness (QED) is 0.805. The third kappa shape index (κ3) is 2.47. The minimum absolute atomic E-state index is 0.0166. The highest BCUT2D eigenvalue weighted by molar-refractivity contribution is 7.17. The van der Waals surface area contributed by atoms with Gasteiger partial charge in [-0.3, -0.25) is 4.79 Å². The van der Waals surface area contributed by atoms with Crippen LogP contribution in [0.2, 0.25) is 0 Å². The highest BCUT2D eigenvalue weighted by atomic mass is 32.1. The lowest BCUT2D eigenvalue weighted by molar-refractivity contribution is -0.162. The highest BCUT2D eigenvalue weighted by Crippen LogP contribution is 2.40. The topological polar surface area (TPSA) is 50.2 Å². The van der Waals surface area contributed by atoms with Crippen molar-refractivity contribution in [2.75, 3.05) is 0 Å². The number of rotatable bonds is 1. The van der Waals surface area contributed by atoms with E-state index < -0.39 is 29.4 Å². The smallest absolute Gasteiger partial charge is 0.399 e. The Morgan fingerprint density at radius 2 is 2.05 bits per heavy atom. The maximum absolute atomic E-state index is 13.4. The molecule has 0 saturated carbocycles. The van der Waals surface area contributed by atoms with E-state index in [0.717, 1.165) is 23.5 Å². The van der Waals surface area contributed by atoms with Crippen molar-refractivity contribution in [1.29, 1.82) is 0 Å². The molecule has 1 unspecified atom stereocenters. The van der Waals surface area contributed by atoms with Gasteiger partial charge in [-0.05, 0) is 31.0 Å². The fraction of sp³-hybridized carbons (Fsp3) is 0.286. The number of Topliss-reactive ketones (excluding diaryl/α,β-unsaturated/α-hetero) is 1. The molecular weight excluding hydrogens is 322 g/mol. The summed E-state index contributed by atoms with van der Waals surface area (Å²) in [5.41, 5.74) is 0.630. The second-order valence-corrected chi connectivity index (χ2v) is 5.96. The van der Waals surface area contributed by atoms with Crippen molar-refractivity contribution in [1.82, 2.24) is 4.98 Å². The van der Waals surface area contributed by atoms with Gasteiger partial charge < -0.3 is 5.11 Å². The number of fused-ring (bicyclic) bond motifs is 1. The van der Waals surface area contributed by atoms with E-state index in [4.69, 9.17) is 5.11 Å². The summed E-state index contributed by atoms with van der Waals surface area (Å²) in [6.07, 6.45) is -4.83. The van der Waals surface area contributed by atoms with Gasteiger partial charge in [0, 0.05) is 5.56 Å². The van der Waals surface area contributed by atoms with Gasteiger partial charge in [-0.2, -0.15) is 13.2 Å². The number of phenolic OH excluding ortho intramolecular Hbond substituents is 1. The number of benzene rings is 1. The molecular formula is C14H9F4NO2S. The fourth-order valence-electron chi connectivity index (χ4n) is 2.36. The summed E-state index contributed by atoms with van der Waals surface area (Å²) in [7, 11) is 0. The van der Waals surface area contributed by atoms with Crippen LogP contribution >= 0.6 is 11.3 Å². The molecule has 0 fully saturated rings. The number of aromatic nitrogens is 1. The summed E-state index contributed by atoms with van der Waals surface area (Å²) >= 11 is 0.822. The third-order valence-corrected chi connectivity index (χ3v) is 4.66. The number of nitrogens with zero attached hydrogens (tertiary/aromatic N) is 1. The predicted octanol–water partition coefficient (Wildman–Crippen LogP) is 3.96. The van der Waals surface area contributed by atoms with Crippen molar-refractivity contribution in [3.8, 4) is 16.3 Å². The number of hydrogen-bond donors (Lipinski definition) is 1. The number of aryl methyl sites for hydroxylation is 1. The number of alkyl halides is 3. The fourth-order valence-corrected chi connectivity index (χ4v) is 3.46. The first kappa shape index (κ1) is 15.0. The van der Waals surface area contributed by atoms with Crippen molar-refractivity contribution in [3.05, 3.63) is 34.6 Å². The number of phenols is 1. The average molecular weight is 331 g/mol. The van der Waals surface area contributed by atoms with E-state index in [0.29, 0.717) is 11.3 Å². The molecule has 0 saturated heterocycles. The van der Waals surface area contributed by atoms with Crippen LogP contribution < -0.4 is 0 Å². The number of ketones is 1. The number of halogens is 4. The van der Waals surface area contributed by atoms with Crippen LogP contribution in [0.25, 0.3) is 10.6 Å². The van der Waals surface area contributed by atoms with Crippen LogP contribution in [0.1, 0.15) is 21.8 Å². The number of thiazole rings is 1. The maximum Gasteiger partial charge on any atom is 0.399 e. The van der Waals surface area contributed by atoms with Gasteiger partial charge in [0.25, 0.3) is 0 Å². The van der Waals surface area contributed by atoms with Crippen LogP contribution in [-0.4, -0.2) is 22.1 Å². The van der Waals surface area contributed by atoms with Crippen LogP contribution in [0, 0.1) is 11.7 Å². The van der Waals surface area contributed by atoms with Crippen LogP contribution in [0.5, 0.6) is 5.75 Å². The van der Waals surface area contributed by atoms with E-state index in [1.54, 1.807) is 0 Å². The molecule has 0 radical (unpaired) electrons. The summed E-state index contributed by atoms with van der Waals surface area (Å²) in [5.74, 6) is -4.36. The molecule has 22 heavy (non-hydrogen) atoms. The van der Waals surface area contributed by atoms with Crippen LogP contribution in [0.4, 0.5) is 17.6 Å². The Kier molecular flexibility index (Phi) is 3.43. The molecule has 3 nitrogen and oxygen atoms in total. The molecule has 1 aliphatic rings. The van der Waals surface area contributed by atoms with Gasteiger partial charge >= 0.3 is 6.18 Å². The molecule has 3 rings (SSSR count). The summed E-state index contributed by atoms with van der Waals surface area (Å²) in [6.45, 7) is 0. The van der Waals surface area contributed by atoms with Crippen LogP contribution in [0.15, 0.2) is 18.2 Å². The van der Waals surface area contributed by atoms with Gasteiger partial charge in [0.2, 0.25) is 0 Å². The molecule has 0 spiro atoms. The summed E-state index contributed by atoms with van der Waals surface area (Å²) in [6, 6.07) is 3.56. The Morgan fingerprint density at radius 1 is 1.32 bits per heavy atom. The second-order valence-electron chi connectivity index (χ2n) is 4.96. The lowest BCUT2D eigenvalue weighted by Gasteiger charge is -2.21. The largest absolute Gasteiger partial charge is 0.505 e. The SMILES string of the molecule is O=C1c2sc(-c3ccc(O)c(F)c3)nc2CCC1C(F)(F)F. The van der Waals surface area contributed by atoms with Crippen molar-refractivity contribution in [3.63, 3.8) is 0 Å². The van der Waals surface area contributed by atoms with E-state index in [9.17, 15) is 22.4 Å². The van der Waals surface area contributed by atoms with Crippen molar-refractivity contribution < 1.29 is 27.5 Å². The minimum atomic E-state index is -4.57. The van der Waals surface area contributed by atoms with Gasteiger partial charge in [-0.1, -0.05) is 0 Å². The number of aromatic hydroxyl groups is 1. The molecule has 2 aromatic rings. The van der Waals surface area contributed by atoms with Crippen molar-refractivity contribution >= 4 is 17.1 Å². The number of carbonyl (C=O) groups excluding carboxylic acids is 1. The molecule has 1 heterocycles. The maximum atomic E-state index is 13.4. The average Bonchev–Trinajstić information content (AvgIpc) is 2.86. The normalized spacial score (nSPS) is 18.4. The van der Waals surface area contributed by atoms with E-state index in [1.165, 1.54) is 6.07 Å². The minimum Gasteiger partial charge on any atom is -0.505 e. The Balaban J connectivity index is 2.00. The van der Waals surface area contributed by atoms with Gasteiger partial charge in [0.1, 0.15) is 10.9 Å². The first-order valence-corrected chi connectivity index (χ1v) is 7.18. The molecule has 0 aliphatic heterocycles. The predicted molar refractivity (Wildman–Crippen MR) is 71.4 cm³/mol. The first-order chi connectivity index (χ1) is 10.3. The second kappa shape index (κ2) is 5.05. The van der Waals surface area contributed by atoms with E-state index in [-0.39, 0.29) is 22.7 Å². The lowest BCUT2D eigenvalue weighted by atomic mass is 9.89. The summed E-state index contributed by atoms with van der Waals surface area (Å²) in [5, 5.41) is 9.41. The van der Waals surface area contributed by atoms with Gasteiger partial charge in [0.05, 0.1) is 10.6 Å². The zero-order chi connectivity index (χ0) is 16.1. The standard InChI is InChI=1S/C14H9F4NO2S/c15-8-5-6(1-4-10(8)20)13-19-9-3-2-7(14(16,17)18)11(21)12(9)22-13/h1,4-5,7,20H,2-3H2. The van der Waals surface area contributed by atoms with Gasteiger partial charge in [-0.15, -0.1) is 11.3 Å². The van der Waals surface area contributed by atoms with E-state index >= 15 is 0 Å². The lowest BCUT2D eigenvalue weighted by Crippen LogP contribution is -2.34. The zero-order valence-corrected chi connectivity index (χ0v) is 11.8. The monoisotopic (exact) mass is 331 g/mol. The molecule has 1 aliphatic carbocycles. The zero-order valence-electron chi connectivity index (χ0n) is 10.9. The molecule has 116 valence electrons. The summed E-state index contributed by atoms with van der Waals surface area (Å²) in [4.78, 5) is 16.1. The molecule has 1 N–H and O–H groups in total. The third-order valence-electron chi connectivity index (χ3n) is 3.50. The molecule has 0 bridgehead atoms. The Hall–Kier alpha value is -1.96. The Bertz CT molecular complexity index is 754. The highest BCUT2D eigenvalue weighted by Gasteiger charge is 2.48. The van der Waals surface area contributed by atoms with E-state index in [2.05, 4.69) is 4.98 Å². The Labute approximate surface area is 126 Å². The van der Waals surface area contributed by atoms with Crippen LogP contribution in [-0.2, 0) is 6.42 Å². The van der Waals surface area contributed by atoms with Crippen molar-refractivity contribution in [2.24, 2.45) is 5.92 Å². The van der Waals surface area contributed by atoms with Crippen LogP contribution in [0.3, 0.4) is 0 Å². The molecule has 1 aromatic carbocycles.